The number of ketones is 1. The lowest BCUT2D eigenvalue weighted by Gasteiger charge is -2.17. The Balaban J connectivity index is 1.80. The first kappa shape index (κ1) is 18.6. The van der Waals surface area contributed by atoms with E-state index < -0.39 is 11.7 Å². The van der Waals surface area contributed by atoms with Crippen LogP contribution in [0.25, 0.3) is 5.69 Å². The number of carbonyl (C=O) groups excluding carboxylic acids is 2. The fourth-order valence-corrected chi connectivity index (χ4v) is 3.04. The molecule has 0 aliphatic heterocycles. The van der Waals surface area contributed by atoms with Crippen molar-refractivity contribution in [1.82, 2.24) is 14.7 Å². The van der Waals surface area contributed by atoms with E-state index in [0.717, 1.165) is 28.2 Å². The third-order valence-corrected chi connectivity index (χ3v) is 4.69. The van der Waals surface area contributed by atoms with Crippen molar-refractivity contribution in [2.24, 2.45) is 0 Å². The van der Waals surface area contributed by atoms with Crippen molar-refractivity contribution in [2.45, 2.75) is 27.3 Å². The summed E-state index contributed by atoms with van der Waals surface area (Å²) in [5.41, 5.74) is 5.18. The number of carbonyl (C=O) groups is 2. The molecule has 138 valence electrons. The quantitative estimate of drug-likeness (QED) is 0.515. The van der Waals surface area contributed by atoms with Crippen LogP contribution in [-0.4, -0.2) is 33.4 Å². The number of aromatic nitrogens is 2. The molecule has 1 heterocycles. The van der Waals surface area contributed by atoms with E-state index in [4.69, 9.17) is 0 Å². The second-order valence-corrected chi connectivity index (χ2v) is 6.75. The van der Waals surface area contributed by atoms with Crippen LogP contribution in [0.4, 0.5) is 0 Å². The Labute approximate surface area is 159 Å². The number of Topliss-reactive ketones (excluding diaryl/α,β-unsaturated/α-hetero) is 1. The Morgan fingerprint density at radius 3 is 2.22 bits per heavy atom. The number of likely N-dealkylation sites (N-methyl/N-ethyl adjacent to an activating group) is 1. The molecule has 0 aliphatic rings. The summed E-state index contributed by atoms with van der Waals surface area (Å²) in [6.07, 6.45) is 0. The van der Waals surface area contributed by atoms with Gasteiger partial charge in [-0.05, 0) is 32.9 Å². The standard InChI is InChI=1S/C22H23N3O2/c1-15-10-12-18(13-11-15)21(26)22(27)24(4)14-20-16(2)23-25(17(20)3)19-8-6-5-7-9-19/h5-13H,14H2,1-4H3. The zero-order valence-electron chi connectivity index (χ0n) is 16.1. The molecule has 0 aliphatic carbocycles. The number of amides is 1. The maximum Gasteiger partial charge on any atom is 0.295 e. The fourth-order valence-electron chi connectivity index (χ4n) is 3.04. The van der Waals surface area contributed by atoms with Gasteiger partial charge in [-0.15, -0.1) is 0 Å². The highest BCUT2D eigenvalue weighted by Crippen LogP contribution is 2.19. The minimum absolute atomic E-state index is 0.334. The highest BCUT2D eigenvalue weighted by atomic mass is 16.2. The van der Waals surface area contributed by atoms with E-state index in [9.17, 15) is 9.59 Å². The van der Waals surface area contributed by atoms with Gasteiger partial charge >= 0.3 is 0 Å². The van der Waals surface area contributed by atoms with Gasteiger partial charge in [0, 0.05) is 30.4 Å². The van der Waals surface area contributed by atoms with E-state index in [1.165, 1.54) is 4.90 Å². The molecule has 0 spiro atoms. The monoisotopic (exact) mass is 361 g/mol. The van der Waals surface area contributed by atoms with Crippen LogP contribution in [0.2, 0.25) is 0 Å². The molecule has 5 heteroatoms. The highest BCUT2D eigenvalue weighted by Gasteiger charge is 2.23. The topological polar surface area (TPSA) is 55.2 Å². The van der Waals surface area contributed by atoms with E-state index in [1.807, 2.05) is 67.9 Å². The second kappa shape index (κ2) is 7.58. The Hall–Kier alpha value is -3.21. The molecule has 5 nitrogen and oxygen atoms in total. The smallest absolute Gasteiger partial charge is 0.295 e. The van der Waals surface area contributed by atoms with Crippen molar-refractivity contribution < 1.29 is 9.59 Å². The average molecular weight is 361 g/mol. The van der Waals surface area contributed by atoms with Gasteiger partial charge in [-0.3, -0.25) is 9.59 Å². The number of aryl methyl sites for hydroxylation is 2. The predicted molar refractivity (Wildman–Crippen MR) is 105 cm³/mol. The van der Waals surface area contributed by atoms with Gasteiger partial charge in [0.2, 0.25) is 5.78 Å². The summed E-state index contributed by atoms with van der Waals surface area (Å²) in [4.78, 5) is 26.5. The van der Waals surface area contributed by atoms with Gasteiger partial charge in [-0.25, -0.2) is 4.68 Å². The van der Waals surface area contributed by atoms with Gasteiger partial charge in [0.1, 0.15) is 0 Å². The lowest BCUT2D eigenvalue weighted by molar-refractivity contribution is -0.125. The fraction of sp³-hybridized carbons (Fsp3) is 0.227. The van der Waals surface area contributed by atoms with Gasteiger partial charge in [-0.2, -0.15) is 5.10 Å². The van der Waals surface area contributed by atoms with Gasteiger partial charge < -0.3 is 4.90 Å². The summed E-state index contributed by atoms with van der Waals surface area (Å²) in [6, 6.07) is 16.9. The molecule has 0 radical (unpaired) electrons. The molecule has 0 bridgehead atoms. The third kappa shape index (κ3) is 3.82. The summed E-state index contributed by atoms with van der Waals surface area (Å²) in [6.45, 7) is 6.17. The molecule has 0 unspecified atom stereocenters. The molecule has 3 rings (SSSR count). The van der Waals surface area contributed by atoms with E-state index in [-0.39, 0.29) is 0 Å². The average Bonchev–Trinajstić information content (AvgIpc) is 2.96. The third-order valence-electron chi connectivity index (χ3n) is 4.69. The Morgan fingerprint density at radius 1 is 0.963 bits per heavy atom. The minimum Gasteiger partial charge on any atom is -0.334 e. The number of hydrogen-bond donors (Lipinski definition) is 0. The number of benzene rings is 2. The van der Waals surface area contributed by atoms with Crippen LogP contribution in [0.5, 0.6) is 0 Å². The molecule has 0 N–H and O–H groups in total. The van der Waals surface area contributed by atoms with E-state index in [2.05, 4.69) is 5.10 Å². The minimum atomic E-state index is -0.523. The summed E-state index contributed by atoms with van der Waals surface area (Å²) in [5, 5.41) is 4.60. The van der Waals surface area contributed by atoms with Gasteiger partial charge in [0.05, 0.1) is 11.4 Å². The Morgan fingerprint density at radius 2 is 1.59 bits per heavy atom. The number of rotatable bonds is 5. The van der Waals surface area contributed by atoms with Crippen LogP contribution in [0.1, 0.15) is 32.9 Å². The van der Waals surface area contributed by atoms with Crippen LogP contribution < -0.4 is 0 Å². The SMILES string of the molecule is Cc1ccc(C(=O)C(=O)N(C)Cc2c(C)nn(-c3ccccc3)c2C)cc1. The van der Waals surface area contributed by atoms with E-state index in [0.29, 0.717) is 12.1 Å². The molecular weight excluding hydrogens is 338 g/mol. The molecule has 0 saturated heterocycles. The lowest BCUT2D eigenvalue weighted by atomic mass is 10.1. The van der Waals surface area contributed by atoms with Crippen LogP contribution >= 0.6 is 0 Å². The summed E-state index contributed by atoms with van der Waals surface area (Å²) < 4.78 is 1.87. The van der Waals surface area contributed by atoms with E-state index >= 15 is 0 Å². The first-order valence-corrected chi connectivity index (χ1v) is 8.85. The highest BCUT2D eigenvalue weighted by molar-refractivity contribution is 6.42. The van der Waals surface area contributed by atoms with Crippen molar-refractivity contribution in [3.8, 4) is 5.69 Å². The van der Waals surface area contributed by atoms with Gasteiger partial charge in [-0.1, -0.05) is 48.0 Å². The molecule has 2 aromatic carbocycles. The normalized spacial score (nSPS) is 10.7. The van der Waals surface area contributed by atoms with Gasteiger partial charge in [0.25, 0.3) is 5.91 Å². The predicted octanol–water partition coefficient (Wildman–Crippen LogP) is 3.64. The molecular formula is C22H23N3O2. The first-order chi connectivity index (χ1) is 12.9. The van der Waals surface area contributed by atoms with Crippen LogP contribution in [0.3, 0.4) is 0 Å². The van der Waals surface area contributed by atoms with Crippen LogP contribution in [0, 0.1) is 20.8 Å². The number of nitrogens with zero attached hydrogens (tertiary/aromatic N) is 3. The van der Waals surface area contributed by atoms with Gasteiger partial charge in [0.15, 0.2) is 0 Å². The summed E-state index contributed by atoms with van der Waals surface area (Å²) in [7, 11) is 1.65. The number of hydrogen-bond acceptors (Lipinski definition) is 3. The first-order valence-electron chi connectivity index (χ1n) is 8.85. The van der Waals surface area contributed by atoms with Crippen LogP contribution in [-0.2, 0) is 11.3 Å². The van der Waals surface area contributed by atoms with Crippen molar-refractivity contribution >= 4 is 11.7 Å². The molecule has 0 atom stereocenters. The zero-order valence-corrected chi connectivity index (χ0v) is 16.1. The Bertz CT molecular complexity index is 973. The molecule has 3 aromatic rings. The maximum atomic E-state index is 12.6. The second-order valence-electron chi connectivity index (χ2n) is 6.75. The van der Waals surface area contributed by atoms with E-state index in [1.54, 1.807) is 19.2 Å². The molecule has 0 fully saturated rings. The largest absolute Gasteiger partial charge is 0.334 e. The van der Waals surface area contributed by atoms with Crippen molar-refractivity contribution in [1.29, 1.82) is 0 Å². The summed E-state index contributed by atoms with van der Waals surface area (Å²) in [5.74, 6) is -1.02. The lowest BCUT2D eigenvalue weighted by Crippen LogP contribution is -2.33. The van der Waals surface area contributed by atoms with Crippen molar-refractivity contribution in [3.63, 3.8) is 0 Å². The summed E-state index contributed by atoms with van der Waals surface area (Å²) >= 11 is 0. The number of para-hydroxylation sites is 1. The maximum absolute atomic E-state index is 12.6. The molecule has 27 heavy (non-hydrogen) atoms. The molecule has 1 aromatic heterocycles. The molecule has 0 saturated carbocycles. The Kier molecular flexibility index (Phi) is 5.21. The van der Waals surface area contributed by atoms with Crippen molar-refractivity contribution in [3.05, 3.63) is 82.7 Å². The molecule has 1 amide bonds. The van der Waals surface area contributed by atoms with Crippen molar-refractivity contribution in [2.75, 3.05) is 7.05 Å². The van der Waals surface area contributed by atoms with Crippen LogP contribution in [0.15, 0.2) is 54.6 Å². The zero-order chi connectivity index (χ0) is 19.6.